The molecule has 1 heterocycles. The Bertz CT molecular complexity index is 228. The Hall–Kier alpha value is -0.760. The van der Waals surface area contributed by atoms with Crippen molar-refractivity contribution in [3.05, 3.63) is 43.4 Å². The molecule has 57 valence electrons. The normalized spacial score (nSPS) is 9.55. The van der Waals surface area contributed by atoms with Crippen LogP contribution in [0.4, 0.5) is 0 Å². The first-order chi connectivity index (χ1) is 5.36. The van der Waals surface area contributed by atoms with Gasteiger partial charge in [0.15, 0.2) is 18.9 Å². The zero-order valence-electron chi connectivity index (χ0n) is 6.36. The van der Waals surface area contributed by atoms with Crippen LogP contribution in [-0.4, -0.2) is 0 Å². The van der Waals surface area contributed by atoms with Crippen molar-refractivity contribution in [2.45, 2.75) is 11.4 Å². The highest BCUT2D eigenvalue weighted by atomic mass is 32.2. The highest BCUT2D eigenvalue weighted by Gasteiger charge is 1.95. The van der Waals surface area contributed by atoms with Gasteiger partial charge in [0.1, 0.15) is 0 Å². The molecule has 0 fully saturated rings. The van der Waals surface area contributed by atoms with Crippen LogP contribution in [0.5, 0.6) is 0 Å². The molecular formula is C9H11NS+. The molecule has 0 saturated heterocycles. The van der Waals surface area contributed by atoms with Crippen LogP contribution in [0.3, 0.4) is 0 Å². The molecule has 1 nitrogen and oxygen atoms in total. The zero-order chi connectivity index (χ0) is 8.10. The van der Waals surface area contributed by atoms with Crippen molar-refractivity contribution in [1.29, 1.82) is 0 Å². The lowest BCUT2D eigenvalue weighted by molar-refractivity contribution is -0.687. The van der Waals surface area contributed by atoms with Gasteiger partial charge in [-0.25, -0.2) is 4.57 Å². The third-order valence-corrected chi connectivity index (χ3v) is 1.97. The van der Waals surface area contributed by atoms with E-state index in [1.54, 1.807) is 0 Å². The first-order valence-electron chi connectivity index (χ1n) is 3.39. The van der Waals surface area contributed by atoms with Crippen LogP contribution in [0.25, 0.3) is 0 Å². The van der Waals surface area contributed by atoms with E-state index in [0.29, 0.717) is 0 Å². The van der Waals surface area contributed by atoms with E-state index in [1.165, 1.54) is 16.7 Å². The number of hydrogen-bond acceptors (Lipinski definition) is 1. The molecule has 0 spiro atoms. The fourth-order valence-electron chi connectivity index (χ4n) is 0.811. The zero-order valence-corrected chi connectivity index (χ0v) is 7.18. The summed E-state index contributed by atoms with van der Waals surface area (Å²) in [6.45, 7) is 4.52. The molecule has 0 unspecified atom stereocenters. The lowest BCUT2D eigenvalue weighted by Gasteiger charge is -1.93. The molecular weight excluding hydrogens is 154 g/mol. The minimum atomic E-state index is 0.863. The van der Waals surface area contributed by atoms with E-state index >= 15 is 0 Å². The van der Waals surface area contributed by atoms with E-state index in [2.05, 4.69) is 17.4 Å². The van der Waals surface area contributed by atoms with Gasteiger partial charge in [-0.05, 0) is 6.08 Å². The molecule has 0 saturated carbocycles. The van der Waals surface area contributed by atoms with Crippen molar-refractivity contribution in [3.63, 3.8) is 0 Å². The molecule has 1 aromatic rings. The van der Waals surface area contributed by atoms with Crippen molar-refractivity contribution >= 4 is 11.8 Å². The fourth-order valence-corrected chi connectivity index (χ4v) is 1.12. The largest absolute Gasteiger partial charge is 0.201 e. The van der Waals surface area contributed by atoms with Crippen LogP contribution in [0.2, 0.25) is 0 Å². The van der Waals surface area contributed by atoms with Gasteiger partial charge < -0.3 is 0 Å². The summed E-state index contributed by atoms with van der Waals surface area (Å²) in [5, 5.41) is 0. The molecule has 0 N–H and O–H groups in total. The van der Waals surface area contributed by atoms with E-state index in [4.69, 9.17) is 0 Å². The van der Waals surface area contributed by atoms with E-state index in [1.807, 2.05) is 30.6 Å². The van der Waals surface area contributed by atoms with Gasteiger partial charge in [-0.2, -0.15) is 0 Å². The summed E-state index contributed by atoms with van der Waals surface area (Å²) in [6, 6.07) is 4.09. The Balaban J connectivity index is 2.74. The van der Waals surface area contributed by atoms with Crippen molar-refractivity contribution in [1.82, 2.24) is 0 Å². The molecule has 0 aliphatic rings. The second-order valence-corrected chi connectivity index (χ2v) is 2.92. The van der Waals surface area contributed by atoms with E-state index in [0.717, 1.165) is 6.54 Å². The van der Waals surface area contributed by atoms with E-state index in [9.17, 15) is 0 Å². The predicted octanol–water partition coefficient (Wildman–Crippen LogP) is 2.04. The van der Waals surface area contributed by atoms with Crippen molar-refractivity contribution in [3.8, 4) is 0 Å². The molecule has 0 aliphatic heterocycles. The summed E-state index contributed by atoms with van der Waals surface area (Å²) in [4.78, 5) is 1.19. The van der Waals surface area contributed by atoms with E-state index < -0.39 is 0 Å². The monoisotopic (exact) mass is 165 g/mol. The molecule has 2 heteroatoms. The summed E-state index contributed by atoms with van der Waals surface area (Å²) < 4.78 is 2.06. The third kappa shape index (κ3) is 2.39. The van der Waals surface area contributed by atoms with Gasteiger partial charge in [-0.15, -0.1) is 11.8 Å². The average Bonchev–Trinajstić information content (AvgIpc) is 2.07. The second kappa shape index (κ2) is 4.19. The molecule has 1 rings (SSSR count). The molecule has 0 aromatic carbocycles. The lowest BCUT2D eigenvalue weighted by atomic mass is 10.4. The number of hydrogen-bond donors (Lipinski definition) is 0. The first kappa shape index (κ1) is 8.34. The maximum absolute atomic E-state index is 3.72. The van der Waals surface area contributed by atoms with E-state index in [-0.39, 0.29) is 0 Å². The number of thioether (sulfide) groups is 1. The van der Waals surface area contributed by atoms with Crippen LogP contribution < -0.4 is 4.57 Å². The van der Waals surface area contributed by atoms with Gasteiger partial charge in [0.25, 0.3) is 0 Å². The Morgan fingerprint density at radius 1 is 1.45 bits per heavy atom. The fraction of sp³-hybridized carbons (Fsp3) is 0.111. The number of aromatic nitrogens is 1. The van der Waals surface area contributed by atoms with Crippen LogP contribution in [0.15, 0.2) is 42.1 Å². The van der Waals surface area contributed by atoms with Crippen molar-refractivity contribution in [2.75, 3.05) is 0 Å². The Morgan fingerprint density at radius 3 is 2.55 bits per heavy atom. The Morgan fingerprint density at radius 2 is 2.09 bits per heavy atom. The first-order valence-corrected chi connectivity index (χ1v) is 4.37. The quantitative estimate of drug-likeness (QED) is 0.376. The molecule has 0 bridgehead atoms. The van der Waals surface area contributed by atoms with Crippen molar-refractivity contribution in [2.24, 2.45) is 0 Å². The molecule has 11 heavy (non-hydrogen) atoms. The van der Waals surface area contributed by atoms with Gasteiger partial charge in [0, 0.05) is 23.3 Å². The molecule has 1 radical (unpaired) electrons. The highest BCUT2D eigenvalue weighted by molar-refractivity contribution is 8.00. The van der Waals surface area contributed by atoms with Gasteiger partial charge in [0.05, 0.1) is 0 Å². The molecule has 0 aliphatic carbocycles. The molecule has 0 amide bonds. The van der Waals surface area contributed by atoms with Crippen LogP contribution in [-0.2, 0) is 6.54 Å². The van der Waals surface area contributed by atoms with Crippen molar-refractivity contribution < 1.29 is 4.57 Å². The van der Waals surface area contributed by atoms with Gasteiger partial charge in [-0.3, -0.25) is 0 Å². The van der Waals surface area contributed by atoms with Gasteiger partial charge in [0.2, 0.25) is 0 Å². The standard InChI is InChI=1S/C9H11NS/c1-3-6-10-7-4-9(11-2)5-8-10/h3-5,7-8H,1-2,6H2/q+1. The summed E-state index contributed by atoms with van der Waals surface area (Å²) in [5.74, 6) is 0. The smallest absolute Gasteiger partial charge is 0.170 e. The SMILES string of the molecule is [CH2]Sc1cc[n+](CC=C)cc1. The predicted molar refractivity (Wildman–Crippen MR) is 48.0 cm³/mol. The summed E-state index contributed by atoms with van der Waals surface area (Å²) in [5.41, 5.74) is 0. The number of allylic oxidation sites excluding steroid dienone is 1. The topological polar surface area (TPSA) is 3.88 Å². The average molecular weight is 165 g/mol. The number of nitrogens with zero attached hydrogens (tertiary/aromatic N) is 1. The third-order valence-electron chi connectivity index (χ3n) is 1.37. The van der Waals surface area contributed by atoms with Crippen LogP contribution >= 0.6 is 11.8 Å². The number of rotatable bonds is 3. The Labute approximate surface area is 71.8 Å². The molecule has 0 atom stereocenters. The maximum Gasteiger partial charge on any atom is 0.170 e. The van der Waals surface area contributed by atoms with Crippen LogP contribution in [0.1, 0.15) is 0 Å². The summed E-state index contributed by atoms with van der Waals surface area (Å²) in [6.07, 6.45) is 9.64. The summed E-state index contributed by atoms with van der Waals surface area (Å²) >= 11 is 1.51. The summed E-state index contributed by atoms with van der Waals surface area (Å²) in [7, 11) is 0. The maximum atomic E-state index is 3.72. The lowest BCUT2D eigenvalue weighted by Crippen LogP contribution is -2.31. The van der Waals surface area contributed by atoms with Crippen LogP contribution in [0, 0.1) is 6.26 Å². The minimum absolute atomic E-state index is 0.863. The second-order valence-electron chi connectivity index (χ2n) is 2.16. The Kier molecular flexibility index (Phi) is 3.17. The molecule has 1 aromatic heterocycles. The van der Waals surface area contributed by atoms with Gasteiger partial charge >= 0.3 is 0 Å². The number of pyridine rings is 1. The van der Waals surface area contributed by atoms with Gasteiger partial charge in [-0.1, -0.05) is 6.58 Å². The highest BCUT2D eigenvalue weighted by Crippen LogP contribution is 2.12. The minimum Gasteiger partial charge on any atom is -0.201 e.